The Bertz CT molecular complexity index is 543. The molecule has 0 unspecified atom stereocenters. The zero-order chi connectivity index (χ0) is 15.7. The highest BCUT2D eigenvalue weighted by Gasteiger charge is 2.12. The van der Waals surface area contributed by atoms with Gasteiger partial charge < -0.3 is 9.84 Å². The number of nitro benzene ring substituents is 1. The van der Waals surface area contributed by atoms with Crippen LogP contribution in [0.25, 0.3) is 0 Å². The van der Waals surface area contributed by atoms with Gasteiger partial charge in [0, 0.05) is 25.3 Å². The molecule has 0 aliphatic rings. The summed E-state index contributed by atoms with van der Waals surface area (Å²) in [6, 6.07) is 5.38. The Balaban J connectivity index is 2.39. The second-order valence-corrected chi connectivity index (χ2v) is 6.07. The van der Waals surface area contributed by atoms with Crippen LogP contribution < -0.4 is 4.72 Å². The zero-order valence-electron chi connectivity index (χ0n) is 11.4. The number of aliphatic hydroxyl groups excluding tert-OH is 1. The fourth-order valence-corrected chi connectivity index (χ4v) is 2.74. The first-order chi connectivity index (χ1) is 9.94. The molecule has 0 heterocycles. The summed E-state index contributed by atoms with van der Waals surface area (Å²) in [4.78, 5) is 9.96. The largest absolute Gasteiger partial charge is 0.394 e. The fourth-order valence-electron chi connectivity index (χ4n) is 1.55. The predicted molar refractivity (Wildman–Crippen MR) is 76.2 cm³/mol. The monoisotopic (exact) mass is 318 g/mol. The quantitative estimate of drug-likeness (QED) is 0.366. The Morgan fingerprint density at radius 1 is 1.24 bits per heavy atom. The maximum absolute atomic E-state index is 11.8. The first-order valence-corrected chi connectivity index (χ1v) is 7.99. The van der Waals surface area contributed by atoms with E-state index in [1.165, 1.54) is 24.3 Å². The molecule has 0 saturated carbocycles. The molecular weight excluding hydrogens is 300 g/mol. The van der Waals surface area contributed by atoms with E-state index < -0.39 is 14.9 Å². The number of benzene rings is 1. The summed E-state index contributed by atoms with van der Waals surface area (Å²) in [6.07, 6.45) is 0.499. The average molecular weight is 318 g/mol. The van der Waals surface area contributed by atoms with Crippen LogP contribution in [0.15, 0.2) is 24.3 Å². The van der Waals surface area contributed by atoms with Crippen LogP contribution in [-0.4, -0.2) is 44.8 Å². The minimum Gasteiger partial charge on any atom is -0.394 e. The Morgan fingerprint density at radius 3 is 2.48 bits per heavy atom. The maximum atomic E-state index is 11.8. The molecule has 0 atom stereocenters. The Labute approximate surface area is 122 Å². The predicted octanol–water partition coefficient (Wildman–Crippen LogP) is 0.413. The van der Waals surface area contributed by atoms with Gasteiger partial charge in [-0.25, -0.2) is 13.1 Å². The van der Waals surface area contributed by atoms with E-state index in [2.05, 4.69) is 4.72 Å². The van der Waals surface area contributed by atoms with Crippen LogP contribution in [0.5, 0.6) is 0 Å². The molecule has 0 saturated heterocycles. The SMILES string of the molecule is O=[N+]([O-])c1ccc(CS(=O)(=O)NCCCOCCO)cc1. The number of nitrogens with one attached hydrogen (secondary N) is 1. The van der Waals surface area contributed by atoms with Crippen LogP contribution >= 0.6 is 0 Å². The third-order valence-corrected chi connectivity index (χ3v) is 3.88. The van der Waals surface area contributed by atoms with Gasteiger partial charge in [0.2, 0.25) is 10.0 Å². The van der Waals surface area contributed by atoms with Crippen molar-refractivity contribution >= 4 is 15.7 Å². The lowest BCUT2D eigenvalue weighted by atomic mass is 10.2. The number of rotatable bonds is 10. The molecule has 1 aromatic rings. The van der Waals surface area contributed by atoms with E-state index in [4.69, 9.17) is 9.84 Å². The van der Waals surface area contributed by atoms with Gasteiger partial charge in [-0.1, -0.05) is 12.1 Å². The number of sulfonamides is 1. The molecule has 9 heteroatoms. The van der Waals surface area contributed by atoms with Gasteiger partial charge in [-0.2, -0.15) is 0 Å². The van der Waals surface area contributed by atoms with Crippen LogP contribution in [0.1, 0.15) is 12.0 Å². The van der Waals surface area contributed by atoms with Crippen LogP contribution in [0.2, 0.25) is 0 Å². The highest BCUT2D eigenvalue weighted by molar-refractivity contribution is 7.88. The highest BCUT2D eigenvalue weighted by Crippen LogP contribution is 2.13. The van der Waals surface area contributed by atoms with Crippen molar-refractivity contribution in [2.24, 2.45) is 0 Å². The fraction of sp³-hybridized carbons (Fsp3) is 0.500. The van der Waals surface area contributed by atoms with Gasteiger partial charge in [0.05, 0.1) is 23.9 Å². The molecule has 21 heavy (non-hydrogen) atoms. The minimum absolute atomic E-state index is 0.0636. The summed E-state index contributed by atoms with van der Waals surface area (Å²) in [5, 5.41) is 19.0. The molecule has 8 nitrogen and oxygen atoms in total. The lowest BCUT2D eigenvalue weighted by Crippen LogP contribution is -2.27. The van der Waals surface area contributed by atoms with Gasteiger partial charge >= 0.3 is 0 Å². The zero-order valence-corrected chi connectivity index (χ0v) is 12.2. The van der Waals surface area contributed by atoms with Gasteiger partial charge in [-0.05, 0) is 12.0 Å². The van der Waals surface area contributed by atoms with Crippen molar-refractivity contribution < 1.29 is 23.2 Å². The first-order valence-electron chi connectivity index (χ1n) is 6.34. The Hall–Kier alpha value is -1.55. The number of hydrogen-bond donors (Lipinski definition) is 2. The normalized spacial score (nSPS) is 11.5. The molecule has 2 N–H and O–H groups in total. The van der Waals surface area contributed by atoms with E-state index in [1.807, 2.05) is 0 Å². The van der Waals surface area contributed by atoms with Gasteiger partial charge in [0.25, 0.3) is 5.69 Å². The van der Waals surface area contributed by atoms with Crippen molar-refractivity contribution in [1.29, 1.82) is 0 Å². The molecule has 0 aromatic heterocycles. The molecule has 1 aromatic carbocycles. The van der Waals surface area contributed by atoms with Gasteiger partial charge in [-0.3, -0.25) is 10.1 Å². The molecule has 0 fully saturated rings. The minimum atomic E-state index is -3.49. The summed E-state index contributed by atoms with van der Waals surface area (Å²) in [6.45, 7) is 0.767. The van der Waals surface area contributed by atoms with E-state index >= 15 is 0 Å². The summed E-state index contributed by atoms with van der Waals surface area (Å²) in [7, 11) is -3.49. The van der Waals surface area contributed by atoms with Crippen molar-refractivity contribution in [3.63, 3.8) is 0 Å². The number of aliphatic hydroxyl groups is 1. The van der Waals surface area contributed by atoms with E-state index in [1.54, 1.807) is 0 Å². The van der Waals surface area contributed by atoms with Gasteiger partial charge in [0.1, 0.15) is 0 Å². The first kappa shape index (κ1) is 17.5. The summed E-state index contributed by atoms with van der Waals surface area (Å²) < 4.78 is 31.0. The van der Waals surface area contributed by atoms with Crippen molar-refractivity contribution in [2.45, 2.75) is 12.2 Å². The van der Waals surface area contributed by atoms with Crippen LogP contribution in [0, 0.1) is 10.1 Å². The molecule has 0 aliphatic carbocycles. The molecule has 0 amide bonds. The number of hydrogen-bond acceptors (Lipinski definition) is 6. The van der Waals surface area contributed by atoms with Gasteiger partial charge in [0.15, 0.2) is 0 Å². The second kappa shape index (κ2) is 8.67. The molecular formula is C12H18N2O6S. The molecule has 0 bridgehead atoms. The summed E-state index contributed by atoms with van der Waals surface area (Å²) in [5.41, 5.74) is 0.398. The topological polar surface area (TPSA) is 119 Å². The van der Waals surface area contributed by atoms with Gasteiger partial charge in [-0.15, -0.1) is 0 Å². The maximum Gasteiger partial charge on any atom is 0.269 e. The average Bonchev–Trinajstić information content (AvgIpc) is 2.43. The van der Waals surface area contributed by atoms with Crippen molar-refractivity contribution in [2.75, 3.05) is 26.4 Å². The molecule has 0 radical (unpaired) electrons. The van der Waals surface area contributed by atoms with Crippen molar-refractivity contribution in [3.05, 3.63) is 39.9 Å². The van der Waals surface area contributed by atoms with E-state index in [9.17, 15) is 18.5 Å². The Kier molecular flexibility index (Phi) is 7.23. The standard InChI is InChI=1S/C12H18N2O6S/c15-7-9-20-8-1-6-13-21(18,19)10-11-2-4-12(5-3-11)14(16)17/h2-5,13,15H,1,6-10H2. The third-order valence-electron chi connectivity index (χ3n) is 2.53. The summed E-state index contributed by atoms with van der Waals surface area (Å²) >= 11 is 0. The van der Waals surface area contributed by atoms with E-state index in [0.717, 1.165) is 0 Å². The molecule has 0 spiro atoms. The van der Waals surface area contributed by atoms with Crippen LogP contribution in [-0.2, 0) is 20.5 Å². The number of nitro groups is 1. The second-order valence-electron chi connectivity index (χ2n) is 4.27. The summed E-state index contributed by atoms with van der Waals surface area (Å²) in [5.74, 6) is -0.234. The number of nitrogens with zero attached hydrogens (tertiary/aromatic N) is 1. The van der Waals surface area contributed by atoms with Crippen molar-refractivity contribution in [1.82, 2.24) is 4.72 Å². The number of non-ortho nitro benzene ring substituents is 1. The molecule has 0 aliphatic heterocycles. The smallest absolute Gasteiger partial charge is 0.269 e. The van der Waals surface area contributed by atoms with E-state index in [-0.39, 0.29) is 31.2 Å². The Morgan fingerprint density at radius 2 is 1.90 bits per heavy atom. The molecule has 1 rings (SSSR count). The molecule has 118 valence electrons. The third kappa shape index (κ3) is 7.14. The van der Waals surface area contributed by atoms with Crippen LogP contribution in [0.4, 0.5) is 5.69 Å². The lowest BCUT2D eigenvalue weighted by Gasteiger charge is -2.07. The van der Waals surface area contributed by atoms with E-state index in [0.29, 0.717) is 18.6 Å². The highest BCUT2D eigenvalue weighted by atomic mass is 32.2. The van der Waals surface area contributed by atoms with Crippen molar-refractivity contribution in [3.8, 4) is 0 Å². The van der Waals surface area contributed by atoms with Crippen LogP contribution in [0.3, 0.4) is 0 Å². The number of ether oxygens (including phenoxy) is 1. The lowest BCUT2D eigenvalue weighted by molar-refractivity contribution is -0.384.